The van der Waals surface area contributed by atoms with E-state index in [1.54, 1.807) is 6.07 Å². The number of Topliss-reactive ketones (excluding diaryl/α,β-unsaturated/α-hetero) is 2. The zero-order valence-corrected chi connectivity index (χ0v) is 8.55. The van der Waals surface area contributed by atoms with Crippen LogP contribution in [0.5, 0.6) is 0 Å². The van der Waals surface area contributed by atoms with Crippen LogP contribution >= 0.6 is 11.6 Å². The van der Waals surface area contributed by atoms with Crippen LogP contribution in [0.25, 0.3) is 0 Å². The number of benzene rings is 1. The molecule has 0 aliphatic carbocycles. The normalized spacial score (nSPS) is 13.2. The van der Waals surface area contributed by atoms with E-state index in [0.29, 0.717) is 0 Å². The predicted molar refractivity (Wildman–Crippen MR) is 51.5 cm³/mol. The molecule has 86 valence electrons. The molecule has 1 rings (SSSR count). The Morgan fingerprint density at radius 3 is 2.06 bits per heavy atom. The minimum atomic E-state index is -5.10. The molecule has 0 heterocycles. The van der Waals surface area contributed by atoms with Gasteiger partial charge in [-0.15, -0.1) is 11.6 Å². The Kier molecular flexibility index (Phi) is 3.70. The maximum Gasteiger partial charge on any atom is 0.452 e. The molecule has 2 nitrogen and oxygen atoms in total. The summed E-state index contributed by atoms with van der Waals surface area (Å²) < 4.78 is 36.0. The maximum atomic E-state index is 12.0. The average Bonchev–Trinajstić information content (AvgIpc) is 2.26. The number of alkyl halides is 4. The van der Waals surface area contributed by atoms with Gasteiger partial charge in [-0.3, -0.25) is 9.59 Å². The van der Waals surface area contributed by atoms with Gasteiger partial charge in [0.2, 0.25) is 0 Å². The molecule has 0 aliphatic heterocycles. The summed E-state index contributed by atoms with van der Waals surface area (Å²) in [6.45, 7) is 0. The second-order valence-corrected chi connectivity index (χ2v) is 3.39. The lowest BCUT2D eigenvalue weighted by Crippen LogP contribution is -2.36. The molecule has 0 radical (unpaired) electrons. The Morgan fingerprint density at radius 2 is 1.62 bits per heavy atom. The number of hydrogen-bond donors (Lipinski definition) is 0. The van der Waals surface area contributed by atoms with Crippen LogP contribution in [0.2, 0.25) is 0 Å². The molecule has 16 heavy (non-hydrogen) atoms. The van der Waals surface area contributed by atoms with Crippen molar-refractivity contribution < 1.29 is 22.8 Å². The predicted octanol–water partition coefficient (Wildman–Crippen LogP) is 2.61. The Bertz CT molecular complexity index is 400. The van der Waals surface area contributed by atoms with Gasteiger partial charge in [-0.25, -0.2) is 0 Å². The maximum absolute atomic E-state index is 12.0. The highest BCUT2D eigenvalue weighted by Crippen LogP contribution is 2.22. The number of rotatable bonds is 3. The van der Waals surface area contributed by atoms with E-state index in [1.165, 1.54) is 24.3 Å². The quantitative estimate of drug-likeness (QED) is 0.469. The van der Waals surface area contributed by atoms with Crippen molar-refractivity contribution in [3.8, 4) is 0 Å². The van der Waals surface area contributed by atoms with Crippen molar-refractivity contribution in [2.75, 3.05) is 0 Å². The van der Waals surface area contributed by atoms with Crippen molar-refractivity contribution in [2.45, 2.75) is 11.6 Å². The highest BCUT2D eigenvalue weighted by Gasteiger charge is 2.45. The van der Waals surface area contributed by atoms with Crippen LogP contribution in [0.4, 0.5) is 13.2 Å². The van der Waals surface area contributed by atoms with E-state index in [2.05, 4.69) is 0 Å². The fourth-order valence-electron chi connectivity index (χ4n) is 1.01. The summed E-state index contributed by atoms with van der Waals surface area (Å²) in [6, 6.07) is 7.11. The molecule has 1 aromatic rings. The average molecular weight is 251 g/mol. The summed E-state index contributed by atoms with van der Waals surface area (Å²) in [6.07, 6.45) is -5.10. The smallest absolute Gasteiger partial charge is 0.292 e. The molecule has 0 aromatic heterocycles. The fraction of sp³-hybridized carbons (Fsp3) is 0.200. The number of hydrogen-bond acceptors (Lipinski definition) is 2. The highest BCUT2D eigenvalue weighted by molar-refractivity contribution is 6.45. The van der Waals surface area contributed by atoms with Gasteiger partial charge < -0.3 is 0 Å². The van der Waals surface area contributed by atoms with Gasteiger partial charge in [0.1, 0.15) is 0 Å². The molecule has 1 aromatic carbocycles. The third-order valence-electron chi connectivity index (χ3n) is 1.80. The van der Waals surface area contributed by atoms with Crippen molar-refractivity contribution in [3.05, 3.63) is 35.9 Å². The van der Waals surface area contributed by atoms with E-state index in [0.717, 1.165) is 0 Å². The highest BCUT2D eigenvalue weighted by atomic mass is 35.5. The molecule has 0 fully saturated rings. The van der Waals surface area contributed by atoms with Crippen LogP contribution in [0.1, 0.15) is 10.4 Å². The van der Waals surface area contributed by atoms with Crippen molar-refractivity contribution in [1.82, 2.24) is 0 Å². The minimum Gasteiger partial charge on any atom is -0.292 e. The molecule has 0 spiro atoms. The van der Waals surface area contributed by atoms with Crippen molar-refractivity contribution in [1.29, 1.82) is 0 Å². The lowest BCUT2D eigenvalue weighted by Gasteiger charge is -2.09. The van der Waals surface area contributed by atoms with Gasteiger partial charge in [-0.1, -0.05) is 30.3 Å². The fourth-order valence-corrected chi connectivity index (χ4v) is 1.26. The molecule has 0 saturated heterocycles. The van der Waals surface area contributed by atoms with E-state index in [-0.39, 0.29) is 5.56 Å². The Morgan fingerprint density at radius 1 is 1.12 bits per heavy atom. The largest absolute Gasteiger partial charge is 0.452 e. The van der Waals surface area contributed by atoms with E-state index >= 15 is 0 Å². The number of halogens is 4. The molecule has 1 atom stereocenters. The SMILES string of the molecule is O=C(c1ccccc1)[C@H](Cl)C(=O)C(F)(F)F. The van der Waals surface area contributed by atoms with Crippen molar-refractivity contribution in [3.63, 3.8) is 0 Å². The van der Waals surface area contributed by atoms with Gasteiger partial charge in [0, 0.05) is 5.56 Å². The monoisotopic (exact) mass is 250 g/mol. The minimum absolute atomic E-state index is 0.0277. The zero-order chi connectivity index (χ0) is 12.3. The Hall–Kier alpha value is -1.36. The second kappa shape index (κ2) is 4.65. The van der Waals surface area contributed by atoms with E-state index in [4.69, 9.17) is 11.6 Å². The first-order valence-electron chi connectivity index (χ1n) is 4.18. The van der Waals surface area contributed by atoms with Gasteiger partial charge in [0.25, 0.3) is 5.78 Å². The summed E-state index contributed by atoms with van der Waals surface area (Å²) in [4.78, 5) is 22.1. The van der Waals surface area contributed by atoms with Crippen LogP contribution in [0.3, 0.4) is 0 Å². The summed E-state index contributed by atoms with van der Waals surface area (Å²) in [5.41, 5.74) is -0.0277. The van der Waals surface area contributed by atoms with Gasteiger partial charge in [-0.05, 0) is 0 Å². The molecule has 0 aliphatic rings. The molecule has 0 amide bonds. The van der Waals surface area contributed by atoms with E-state index in [9.17, 15) is 22.8 Å². The molecule has 0 N–H and O–H groups in total. The summed E-state index contributed by atoms with van der Waals surface area (Å²) in [7, 11) is 0. The summed E-state index contributed by atoms with van der Waals surface area (Å²) >= 11 is 5.18. The molecule has 0 saturated carbocycles. The first-order valence-corrected chi connectivity index (χ1v) is 4.62. The van der Waals surface area contributed by atoms with Crippen LogP contribution in [0.15, 0.2) is 30.3 Å². The Balaban J connectivity index is 2.88. The standard InChI is InChI=1S/C10H6ClF3O2/c11-7(9(16)10(12,13)14)8(15)6-4-2-1-3-5-6/h1-5,7H/t7-/m0/s1. The lowest BCUT2D eigenvalue weighted by atomic mass is 10.1. The number of ketones is 2. The van der Waals surface area contributed by atoms with E-state index < -0.39 is 23.1 Å². The van der Waals surface area contributed by atoms with Crippen molar-refractivity contribution >= 4 is 23.2 Å². The van der Waals surface area contributed by atoms with Crippen LogP contribution in [0, 0.1) is 0 Å². The van der Waals surface area contributed by atoms with Crippen LogP contribution in [-0.4, -0.2) is 23.1 Å². The van der Waals surface area contributed by atoms with Gasteiger partial charge in [0.05, 0.1) is 0 Å². The lowest BCUT2D eigenvalue weighted by molar-refractivity contribution is -0.169. The molecule has 0 unspecified atom stereocenters. The summed E-state index contributed by atoms with van der Waals surface area (Å²) in [5.74, 6) is -3.30. The first kappa shape index (κ1) is 12.7. The molecule has 0 bridgehead atoms. The zero-order valence-electron chi connectivity index (χ0n) is 7.79. The van der Waals surface area contributed by atoms with E-state index in [1.807, 2.05) is 0 Å². The second-order valence-electron chi connectivity index (χ2n) is 2.95. The molecular weight excluding hydrogens is 245 g/mol. The number of carbonyl (C=O) groups excluding carboxylic acids is 2. The van der Waals surface area contributed by atoms with Gasteiger partial charge >= 0.3 is 6.18 Å². The topological polar surface area (TPSA) is 34.1 Å². The van der Waals surface area contributed by atoms with Gasteiger partial charge in [0.15, 0.2) is 11.2 Å². The van der Waals surface area contributed by atoms with Crippen molar-refractivity contribution in [2.24, 2.45) is 0 Å². The number of carbonyl (C=O) groups is 2. The first-order chi connectivity index (χ1) is 7.34. The van der Waals surface area contributed by atoms with Crippen LogP contribution < -0.4 is 0 Å². The van der Waals surface area contributed by atoms with Crippen LogP contribution in [-0.2, 0) is 4.79 Å². The van der Waals surface area contributed by atoms with Gasteiger partial charge in [-0.2, -0.15) is 13.2 Å². The Labute approximate surface area is 94.0 Å². The third kappa shape index (κ3) is 2.82. The molecular formula is C10H6ClF3O2. The third-order valence-corrected chi connectivity index (χ3v) is 2.19. The summed E-state index contributed by atoms with van der Waals surface area (Å²) in [5, 5.41) is -2.22. The molecule has 6 heteroatoms.